The van der Waals surface area contributed by atoms with Crippen molar-refractivity contribution >= 4 is 23.4 Å². The summed E-state index contributed by atoms with van der Waals surface area (Å²) in [6.07, 6.45) is 1.25. The summed E-state index contributed by atoms with van der Waals surface area (Å²) in [5.74, 6) is -1.83. The Hall–Kier alpha value is -2.96. The van der Waals surface area contributed by atoms with Crippen LogP contribution in [0.4, 0.5) is 8.78 Å². The Morgan fingerprint density at radius 3 is 2.32 bits per heavy atom. The number of amides is 2. The predicted octanol–water partition coefficient (Wildman–Crippen LogP) is 3.06. The molecule has 1 saturated carbocycles. The zero-order valence-electron chi connectivity index (χ0n) is 25.9. The van der Waals surface area contributed by atoms with Crippen LogP contribution < -0.4 is 15.4 Å². The van der Waals surface area contributed by atoms with Crippen molar-refractivity contribution in [3.05, 3.63) is 29.8 Å². The molecule has 1 aromatic carbocycles. The predicted molar refractivity (Wildman–Crippen MR) is 157 cm³/mol. The summed E-state index contributed by atoms with van der Waals surface area (Å²) in [4.78, 5) is 55.0. The van der Waals surface area contributed by atoms with Gasteiger partial charge in [0.25, 0.3) is 0 Å². The first kappa shape index (κ1) is 33.9. The zero-order chi connectivity index (χ0) is 31.9. The summed E-state index contributed by atoms with van der Waals surface area (Å²) in [6, 6.07) is 4.32. The smallest absolute Gasteiger partial charge is 0.394 e. The lowest BCUT2D eigenvalue weighted by molar-refractivity contribution is -0.159. The highest BCUT2D eigenvalue weighted by Crippen LogP contribution is 2.34. The standard InChI is InChI=1S/C32H45F2N3O7/c1-21(35-28(39)19-37-12-14-42-15-13-37)27(38)18-24(16-23-8-10-25(11-9-23)44-32(3,33)34)30(41)36-26(17-22-6-4-5-7-22)29(40)31(2)20-43-31/h8-11,21-22,24,26H,4-7,12-20H2,1-3H3,(H,35,39)(H,36,41). The Bertz CT molecular complexity index is 1160. The molecular formula is C32H45F2N3O7. The number of alkyl halides is 2. The molecule has 244 valence electrons. The van der Waals surface area contributed by atoms with E-state index in [-0.39, 0.29) is 42.6 Å². The number of carbonyl (C=O) groups excluding carboxylic acids is 4. The molecule has 12 heteroatoms. The van der Waals surface area contributed by atoms with Crippen molar-refractivity contribution in [2.75, 3.05) is 39.5 Å². The first-order chi connectivity index (χ1) is 20.8. The number of halogens is 2. The number of hydrogen-bond acceptors (Lipinski definition) is 8. The normalized spacial score (nSPS) is 22.9. The van der Waals surface area contributed by atoms with Crippen LogP contribution in [0.1, 0.15) is 64.9 Å². The third-order valence-corrected chi connectivity index (χ3v) is 8.63. The van der Waals surface area contributed by atoms with Gasteiger partial charge in [0, 0.05) is 32.4 Å². The lowest BCUT2D eigenvalue weighted by atomic mass is 9.88. The number of rotatable bonds is 16. The van der Waals surface area contributed by atoms with Crippen LogP contribution in [-0.4, -0.2) is 91.5 Å². The fraction of sp³-hybridized carbons (Fsp3) is 0.688. The van der Waals surface area contributed by atoms with Gasteiger partial charge >= 0.3 is 6.11 Å². The van der Waals surface area contributed by atoms with E-state index in [1.165, 1.54) is 12.1 Å². The van der Waals surface area contributed by atoms with Gasteiger partial charge in [-0.1, -0.05) is 37.8 Å². The maximum atomic E-state index is 13.8. The molecule has 1 aliphatic carbocycles. The molecule has 2 amide bonds. The van der Waals surface area contributed by atoms with Crippen molar-refractivity contribution in [2.45, 2.75) is 89.5 Å². The van der Waals surface area contributed by atoms with Crippen LogP contribution >= 0.6 is 0 Å². The van der Waals surface area contributed by atoms with Crippen molar-refractivity contribution < 1.29 is 42.2 Å². The number of Topliss-reactive ketones (excluding diaryl/α,β-unsaturated/α-hetero) is 2. The molecule has 4 rings (SSSR count). The van der Waals surface area contributed by atoms with Crippen molar-refractivity contribution in [2.24, 2.45) is 11.8 Å². The van der Waals surface area contributed by atoms with E-state index >= 15 is 0 Å². The second-order valence-electron chi connectivity index (χ2n) is 12.6. The maximum Gasteiger partial charge on any atom is 0.394 e. The highest BCUT2D eigenvalue weighted by atomic mass is 19.3. The number of benzene rings is 1. The average molecular weight is 622 g/mol. The summed E-state index contributed by atoms with van der Waals surface area (Å²) < 4.78 is 41.9. The molecule has 0 spiro atoms. The Morgan fingerprint density at radius 1 is 1.09 bits per heavy atom. The lowest BCUT2D eigenvalue weighted by Crippen LogP contribution is -2.50. The van der Waals surface area contributed by atoms with Gasteiger partial charge in [-0.15, -0.1) is 0 Å². The van der Waals surface area contributed by atoms with Gasteiger partial charge in [-0.25, -0.2) is 0 Å². The number of nitrogens with zero attached hydrogens (tertiary/aromatic N) is 1. The van der Waals surface area contributed by atoms with Crippen LogP contribution in [0.15, 0.2) is 24.3 Å². The van der Waals surface area contributed by atoms with Crippen LogP contribution in [-0.2, 0) is 35.1 Å². The summed E-state index contributed by atoms with van der Waals surface area (Å²) in [5.41, 5.74) is -0.289. The van der Waals surface area contributed by atoms with E-state index in [1.807, 2.05) is 4.90 Å². The van der Waals surface area contributed by atoms with E-state index in [1.54, 1.807) is 26.0 Å². The number of ketones is 2. The van der Waals surface area contributed by atoms with E-state index in [4.69, 9.17) is 9.47 Å². The van der Waals surface area contributed by atoms with E-state index in [0.29, 0.717) is 57.7 Å². The van der Waals surface area contributed by atoms with Crippen molar-refractivity contribution in [3.8, 4) is 5.75 Å². The molecule has 3 fully saturated rings. The highest BCUT2D eigenvalue weighted by molar-refractivity contribution is 5.98. The second kappa shape index (κ2) is 14.9. The molecule has 44 heavy (non-hydrogen) atoms. The van der Waals surface area contributed by atoms with E-state index in [9.17, 15) is 28.0 Å². The number of ether oxygens (including phenoxy) is 3. The number of hydrogen-bond donors (Lipinski definition) is 2. The minimum Gasteiger partial charge on any atom is -0.433 e. The molecule has 0 radical (unpaired) electrons. The van der Waals surface area contributed by atoms with E-state index < -0.39 is 35.6 Å². The van der Waals surface area contributed by atoms with Crippen LogP contribution in [0.25, 0.3) is 0 Å². The van der Waals surface area contributed by atoms with E-state index in [2.05, 4.69) is 15.4 Å². The Morgan fingerprint density at radius 2 is 1.73 bits per heavy atom. The highest BCUT2D eigenvalue weighted by Gasteiger charge is 2.50. The molecule has 1 aromatic rings. The zero-order valence-corrected chi connectivity index (χ0v) is 25.9. The fourth-order valence-electron chi connectivity index (χ4n) is 5.91. The van der Waals surface area contributed by atoms with Gasteiger partial charge in [0.1, 0.15) is 11.4 Å². The topological polar surface area (TPSA) is 127 Å². The summed E-state index contributed by atoms with van der Waals surface area (Å²) in [5, 5.41) is 5.68. The first-order valence-corrected chi connectivity index (χ1v) is 15.6. The van der Waals surface area contributed by atoms with Crippen molar-refractivity contribution in [1.29, 1.82) is 0 Å². The Balaban J connectivity index is 1.45. The molecule has 4 atom stereocenters. The maximum absolute atomic E-state index is 13.8. The molecule has 3 aliphatic rings. The number of nitrogens with one attached hydrogen (secondary N) is 2. The second-order valence-corrected chi connectivity index (χ2v) is 12.6. The molecular weight excluding hydrogens is 576 g/mol. The van der Waals surface area contributed by atoms with Crippen LogP contribution in [0.3, 0.4) is 0 Å². The largest absolute Gasteiger partial charge is 0.433 e. The molecule has 10 nitrogen and oxygen atoms in total. The minimum absolute atomic E-state index is 0.0326. The van der Waals surface area contributed by atoms with Gasteiger partial charge < -0.3 is 24.8 Å². The Labute approximate surface area is 257 Å². The monoisotopic (exact) mass is 621 g/mol. The van der Waals surface area contributed by atoms with Gasteiger partial charge in [-0.3, -0.25) is 24.1 Å². The third kappa shape index (κ3) is 10.3. The van der Waals surface area contributed by atoms with Crippen LogP contribution in [0.5, 0.6) is 5.75 Å². The minimum atomic E-state index is -3.35. The van der Waals surface area contributed by atoms with E-state index in [0.717, 1.165) is 25.7 Å². The summed E-state index contributed by atoms with van der Waals surface area (Å²) in [6.45, 7) is 6.73. The SMILES string of the molecule is CC(NC(=O)CN1CCOCC1)C(=O)CC(Cc1ccc(OC(C)(F)F)cc1)C(=O)NC(CC1CCCC1)C(=O)C1(C)CO1. The quantitative estimate of drug-likeness (QED) is 0.270. The first-order valence-electron chi connectivity index (χ1n) is 15.6. The van der Waals surface area contributed by atoms with Gasteiger partial charge in [0.2, 0.25) is 11.8 Å². The molecule has 2 heterocycles. The fourth-order valence-corrected chi connectivity index (χ4v) is 5.91. The number of carbonyl (C=O) groups is 4. The molecule has 2 aliphatic heterocycles. The van der Waals surface area contributed by atoms with Gasteiger partial charge in [-0.05, 0) is 50.3 Å². The van der Waals surface area contributed by atoms with Crippen LogP contribution in [0, 0.1) is 11.8 Å². The number of morpholine rings is 1. The molecule has 2 saturated heterocycles. The molecule has 4 unspecified atom stereocenters. The molecule has 2 N–H and O–H groups in total. The molecule has 0 aromatic heterocycles. The van der Waals surface area contributed by atoms with Gasteiger partial charge in [-0.2, -0.15) is 8.78 Å². The molecule has 0 bridgehead atoms. The van der Waals surface area contributed by atoms with Crippen molar-refractivity contribution in [1.82, 2.24) is 15.5 Å². The third-order valence-electron chi connectivity index (χ3n) is 8.63. The summed E-state index contributed by atoms with van der Waals surface area (Å²) in [7, 11) is 0. The Kier molecular flexibility index (Phi) is 11.5. The lowest BCUT2D eigenvalue weighted by Gasteiger charge is -2.27. The van der Waals surface area contributed by atoms with Crippen molar-refractivity contribution in [3.63, 3.8) is 0 Å². The average Bonchev–Trinajstić information content (AvgIpc) is 3.50. The van der Waals surface area contributed by atoms with Gasteiger partial charge in [0.15, 0.2) is 11.6 Å². The summed E-state index contributed by atoms with van der Waals surface area (Å²) >= 11 is 0. The van der Waals surface area contributed by atoms with Gasteiger partial charge in [0.05, 0.1) is 38.4 Å². The number of epoxide rings is 1. The van der Waals surface area contributed by atoms with Crippen LogP contribution in [0.2, 0.25) is 0 Å².